The highest BCUT2D eigenvalue weighted by atomic mass is 16.3. The Balaban J connectivity index is 2.06. The largest absolute Gasteiger partial charge is 0.396 e. The highest BCUT2D eigenvalue weighted by Crippen LogP contribution is 2.28. The average Bonchev–Trinajstić information content (AvgIpc) is 2.82. The minimum atomic E-state index is -0.646. The summed E-state index contributed by atoms with van der Waals surface area (Å²) in [6, 6.07) is -0.175. The van der Waals surface area contributed by atoms with Gasteiger partial charge in [-0.3, -0.25) is 9.78 Å². The molecule has 0 aliphatic heterocycles. The van der Waals surface area contributed by atoms with Gasteiger partial charge in [0.1, 0.15) is 0 Å². The Morgan fingerprint density at radius 1 is 1.50 bits per heavy atom. The standard InChI is InChI=1S/C12H15N5O3/c13-12-15-10-9(11(20)16-12)14-5-17(10)7-2-1-6(4-18)8(19)3-7/h1-2,5-8,18-19H,3-4H2,(H3,13,15,16,20)/t6-,7?,8+/m1/s1. The number of nitrogen functional groups attached to an aromatic ring is 1. The normalized spacial score (nSPS) is 26.2. The van der Waals surface area contributed by atoms with Gasteiger partial charge in [0.05, 0.1) is 25.1 Å². The lowest BCUT2D eigenvalue weighted by Gasteiger charge is -2.27. The molecule has 1 unspecified atom stereocenters. The second kappa shape index (κ2) is 4.73. The van der Waals surface area contributed by atoms with Crippen molar-refractivity contribution in [3.05, 3.63) is 28.8 Å². The van der Waals surface area contributed by atoms with Crippen molar-refractivity contribution in [2.45, 2.75) is 18.6 Å². The number of nitrogens with two attached hydrogens (primary N) is 1. The topological polar surface area (TPSA) is 130 Å². The van der Waals surface area contributed by atoms with Crippen LogP contribution in [0.2, 0.25) is 0 Å². The average molecular weight is 277 g/mol. The summed E-state index contributed by atoms with van der Waals surface area (Å²) in [6.07, 6.45) is 4.91. The van der Waals surface area contributed by atoms with E-state index in [4.69, 9.17) is 10.8 Å². The van der Waals surface area contributed by atoms with Crippen LogP contribution in [0.15, 0.2) is 23.3 Å². The van der Waals surface area contributed by atoms with Gasteiger partial charge < -0.3 is 20.5 Å². The number of nitrogens with one attached hydrogen (secondary N) is 1. The second-order valence-electron chi connectivity index (χ2n) is 4.88. The molecule has 3 rings (SSSR count). The molecule has 2 heterocycles. The maximum atomic E-state index is 11.7. The Morgan fingerprint density at radius 3 is 3.00 bits per heavy atom. The summed E-state index contributed by atoms with van der Waals surface area (Å²) in [4.78, 5) is 22.2. The van der Waals surface area contributed by atoms with Gasteiger partial charge >= 0.3 is 0 Å². The van der Waals surface area contributed by atoms with Gasteiger partial charge in [-0.15, -0.1) is 0 Å². The van der Waals surface area contributed by atoms with Crippen LogP contribution in [0.3, 0.4) is 0 Å². The molecule has 0 fully saturated rings. The fourth-order valence-corrected chi connectivity index (χ4v) is 2.47. The molecule has 0 spiro atoms. The Bertz CT molecular complexity index is 719. The number of hydrogen-bond acceptors (Lipinski definition) is 6. The molecule has 0 saturated carbocycles. The molecule has 0 radical (unpaired) electrons. The molecule has 0 bridgehead atoms. The molecule has 20 heavy (non-hydrogen) atoms. The first-order valence-electron chi connectivity index (χ1n) is 6.29. The molecule has 1 aliphatic carbocycles. The quantitative estimate of drug-likeness (QED) is 0.530. The maximum absolute atomic E-state index is 11.7. The summed E-state index contributed by atoms with van der Waals surface area (Å²) in [5, 5.41) is 19.1. The summed E-state index contributed by atoms with van der Waals surface area (Å²) in [5.41, 5.74) is 5.75. The van der Waals surface area contributed by atoms with E-state index in [1.54, 1.807) is 10.6 Å². The molecular weight excluding hydrogens is 262 g/mol. The number of aromatic nitrogens is 4. The third kappa shape index (κ3) is 1.98. The highest BCUT2D eigenvalue weighted by Gasteiger charge is 2.26. The Labute approximate surface area is 113 Å². The zero-order valence-electron chi connectivity index (χ0n) is 10.6. The Hall–Kier alpha value is -2.19. The monoisotopic (exact) mass is 277 g/mol. The Kier molecular flexibility index (Phi) is 3.03. The lowest BCUT2D eigenvalue weighted by molar-refractivity contribution is 0.0702. The molecule has 2 aromatic rings. The summed E-state index contributed by atoms with van der Waals surface area (Å²) in [5.74, 6) is -0.236. The van der Waals surface area contributed by atoms with Gasteiger partial charge in [0.15, 0.2) is 11.2 Å². The van der Waals surface area contributed by atoms with Crippen LogP contribution in [0, 0.1) is 5.92 Å². The zero-order valence-corrected chi connectivity index (χ0v) is 10.6. The molecule has 106 valence electrons. The molecule has 8 heteroatoms. The van der Waals surface area contributed by atoms with Crippen molar-refractivity contribution in [1.82, 2.24) is 19.5 Å². The van der Waals surface area contributed by atoms with Gasteiger partial charge in [-0.25, -0.2) is 4.98 Å². The zero-order chi connectivity index (χ0) is 14.3. The van der Waals surface area contributed by atoms with Crippen molar-refractivity contribution in [1.29, 1.82) is 0 Å². The van der Waals surface area contributed by atoms with Gasteiger partial charge in [0.25, 0.3) is 5.56 Å². The van der Waals surface area contributed by atoms with Crippen molar-refractivity contribution in [2.75, 3.05) is 12.3 Å². The number of H-pyrrole nitrogens is 1. The number of anilines is 1. The molecule has 8 nitrogen and oxygen atoms in total. The van der Waals surface area contributed by atoms with E-state index < -0.39 is 6.10 Å². The van der Waals surface area contributed by atoms with E-state index in [0.717, 1.165) is 0 Å². The number of hydrogen-bond donors (Lipinski definition) is 4. The first-order valence-corrected chi connectivity index (χ1v) is 6.29. The smallest absolute Gasteiger partial charge is 0.280 e. The molecule has 0 saturated heterocycles. The number of rotatable bonds is 2. The fourth-order valence-electron chi connectivity index (χ4n) is 2.47. The van der Waals surface area contributed by atoms with Gasteiger partial charge in [-0.1, -0.05) is 12.2 Å². The molecule has 1 aliphatic rings. The van der Waals surface area contributed by atoms with E-state index in [9.17, 15) is 9.90 Å². The highest BCUT2D eigenvalue weighted by molar-refractivity contribution is 5.70. The van der Waals surface area contributed by atoms with E-state index in [1.807, 2.05) is 6.08 Å². The lowest BCUT2D eigenvalue weighted by Crippen LogP contribution is -2.29. The van der Waals surface area contributed by atoms with E-state index in [1.165, 1.54) is 6.33 Å². The van der Waals surface area contributed by atoms with Crippen LogP contribution in [-0.2, 0) is 0 Å². The van der Waals surface area contributed by atoms with Crippen molar-refractivity contribution < 1.29 is 10.2 Å². The van der Waals surface area contributed by atoms with Crippen molar-refractivity contribution >= 4 is 17.1 Å². The molecule has 2 aromatic heterocycles. The molecule has 0 aromatic carbocycles. The minimum absolute atomic E-state index is 0.0258. The minimum Gasteiger partial charge on any atom is -0.396 e. The van der Waals surface area contributed by atoms with Crippen LogP contribution in [0.1, 0.15) is 12.5 Å². The molecule has 0 amide bonds. The van der Waals surface area contributed by atoms with E-state index >= 15 is 0 Å². The van der Waals surface area contributed by atoms with Crippen LogP contribution in [0.25, 0.3) is 11.2 Å². The van der Waals surface area contributed by atoms with Crippen LogP contribution in [0.4, 0.5) is 5.95 Å². The summed E-state index contributed by atoms with van der Waals surface area (Å²) in [7, 11) is 0. The van der Waals surface area contributed by atoms with E-state index in [0.29, 0.717) is 12.1 Å². The van der Waals surface area contributed by atoms with Gasteiger partial charge in [-0.05, 0) is 6.42 Å². The van der Waals surface area contributed by atoms with Crippen molar-refractivity contribution in [3.8, 4) is 0 Å². The van der Waals surface area contributed by atoms with Crippen LogP contribution < -0.4 is 11.3 Å². The van der Waals surface area contributed by atoms with Crippen LogP contribution in [-0.4, -0.2) is 42.4 Å². The SMILES string of the molecule is Nc1nc2c(ncn2C2C=C[C@H](CO)[C@@H](O)C2)c(=O)[nH]1. The first-order chi connectivity index (χ1) is 9.60. The number of aliphatic hydroxyl groups excluding tert-OH is 2. The lowest BCUT2D eigenvalue weighted by atomic mass is 9.90. The van der Waals surface area contributed by atoms with Gasteiger partial charge in [0.2, 0.25) is 5.95 Å². The first kappa shape index (κ1) is 12.8. The summed E-state index contributed by atoms with van der Waals surface area (Å²) < 4.78 is 1.70. The predicted octanol–water partition coefficient (Wildman–Crippen LogP) is -0.828. The summed E-state index contributed by atoms with van der Waals surface area (Å²) in [6.45, 7) is -0.0973. The predicted molar refractivity (Wildman–Crippen MR) is 71.9 cm³/mol. The molecule has 3 atom stereocenters. The number of aliphatic hydroxyl groups is 2. The number of nitrogens with zero attached hydrogens (tertiary/aromatic N) is 3. The fraction of sp³-hybridized carbons (Fsp3) is 0.417. The second-order valence-corrected chi connectivity index (χ2v) is 4.88. The number of allylic oxidation sites excluding steroid dienone is 1. The van der Waals surface area contributed by atoms with Crippen molar-refractivity contribution in [2.24, 2.45) is 5.92 Å². The molecular formula is C12H15N5O3. The number of imidazole rings is 1. The Morgan fingerprint density at radius 2 is 2.30 bits per heavy atom. The van der Waals surface area contributed by atoms with Crippen molar-refractivity contribution in [3.63, 3.8) is 0 Å². The van der Waals surface area contributed by atoms with Gasteiger partial charge in [0, 0.05) is 5.92 Å². The number of aromatic amines is 1. The third-order valence-electron chi connectivity index (χ3n) is 3.58. The van der Waals surface area contributed by atoms with Gasteiger partial charge in [-0.2, -0.15) is 4.98 Å². The number of fused-ring (bicyclic) bond motifs is 1. The molecule has 5 N–H and O–H groups in total. The summed E-state index contributed by atoms with van der Waals surface area (Å²) >= 11 is 0. The third-order valence-corrected chi connectivity index (χ3v) is 3.58. The van der Waals surface area contributed by atoms with Crippen LogP contribution in [0.5, 0.6) is 0 Å². The maximum Gasteiger partial charge on any atom is 0.280 e. The van der Waals surface area contributed by atoms with Crippen LogP contribution >= 0.6 is 0 Å². The van der Waals surface area contributed by atoms with E-state index in [-0.39, 0.29) is 35.6 Å². The van der Waals surface area contributed by atoms with E-state index in [2.05, 4.69) is 15.0 Å².